The highest BCUT2D eigenvalue weighted by atomic mass is 16.5. The predicted molar refractivity (Wildman–Crippen MR) is 90.9 cm³/mol. The summed E-state index contributed by atoms with van der Waals surface area (Å²) in [4.78, 5) is 11.8. The van der Waals surface area contributed by atoms with Crippen molar-refractivity contribution >= 4 is 6.03 Å². The van der Waals surface area contributed by atoms with Gasteiger partial charge in [-0.3, -0.25) is 0 Å². The number of rotatable bonds is 7. The number of aryl methyl sites for hydroxylation is 1. The molecule has 3 N–H and O–H groups in total. The van der Waals surface area contributed by atoms with E-state index < -0.39 is 5.60 Å². The monoisotopic (exact) mass is 332 g/mol. The van der Waals surface area contributed by atoms with E-state index in [2.05, 4.69) is 10.6 Å². The highest BCUT2D eigenvalue weighted by molar-refractivity contribution is 5.73. The van der Waals surface area contributed by atoms with Crippen molar-refractivity contribution in [1.82, 2.24) is 10.6 Å². The molecule has 0 aliphatic heterocycles. The Balaban J connectivity index is 1.71. The van der Waals surface area contributed by atoms with Gasteiger partial charge in [0, 0.05) is 0 Å². The molecule has 6 heteroatoms. The molecule has 6 nitrogen and oxygen atoms in total. The molecule has 0 radical (unpaired) electrons. The maximum absolute atomic E-state index is 11.8. The van der Waals surface area contributed by atoms with Crippen LogP contribution in [-0.2, 0) is 5.60 Å². The second kappa shape index (κ2) is 7.88. The van der Waals surface area contributed by atoms with Gasteiger partial charge < -0.3 is 24.9 Å². The van der Waals surface area contributed by atoms with Crippen LogP contribution in [0.3, 0.4) is 0 Å². The molecule has 0 bridgehead atoms. The van der Waals surface area contributed by atoms with Crippen LogP contribution in [0.4, 0.5) is 4.79 Å². The molecule has 130 valence electrons. The fraction of sp³-hybridized carbons (Fsp3) is 0.389. The standard InChI is InChI=1S/C18H24N2O4/c1-13-6-8-15(9-7-13)24-14(2)11-19-17(21)20-12-18(3,22)16-5-4-10-23-16/h4-10,14,22H,11-12H2,1-3H3,(H2,19,20,21). The molecule has 0 saturated heterocycles. The van der Waals surface area contributed by atoms with Crippen LogP contribution < -0.4 is 15.4 Å². The molecular weight excluding hydrogens is 308 g/mol. The van der Waals surface area contributed by atoms with Gasteiger partial charge in [-0.2, -0.15) is 0 Å². The second-order valence-electron chi connectivity index (χ2n) is 6.06. The Morgan fingerprint density at radius 2 is 2.00 bits per heavy atom. The number of carbonyl (C=O) groups is 1. The van der Waals surface area contributed by atoms with E-state index in [1.54, 1.807) is 19.1 Å². The Labute approximate surface area is 141 Å². The Morgan fingerprint density at radius 1 is 1.29 bits per heavy atom. The first kappa shape index (κ1) is 17.9. The molecule has 2 rings (SSSR count). The van der Waals surface area contributed by atoms with Crippen molar-refractivity contribution in [2.24, 2.45) is 0 Å². The second-order valence-corrected chi connectivity index (χ2v) is 6.06. The van der Waals surface area contributed by atoms with Crippen molar-refractivity contribution in [3.63, 3.8) is 0 Å². The van der Waals surface area contributed by atoms with Crippen LogP contribution in [0.15, 0.2) is 47.1 Å². The van der Waals surface area contributed by atoms with Crippen molar-refractivity contribution in [2.75, 3.05) is 13.1 Å². The van der Waals surface area contributed by atoms with Gasteiger partial charge in [0.15, 0.2) is 0 Å². The smallest absolute Gasteiger partial charge is 0.315 e. The lowest BCUT2D eigenvalue weighted by molar-refractivity contribution is 0.0367. The van der Waals surface area contributed by atoms with Crippen molar-refractivity contribution in [1.29, 1.82) is 0 Å². The largest absolute Gasteiger partial charge is 0.489 e. The molecule has 1 heterocycles. The number of ether oxygens (including phenoxy) is 1. The van der Waals surface area contributed by atoms with Gasteiger partial charge in [-0.25, -0.2) is 4.79 Å². The van der Waals surface area contributed by atoms with Crippen molar-refractivity contribution in [3.05, 3.63) is 54.0 Å². The minimum atomic E-state index is -1.26. The van der Waals surface area contributed by atoms with E-state index in [4.69, 9.17) is 9.15 Å². The summed E-state index contributed by atoms with van der Waals surface area (Å²) >= 11 is 0. The lowest BCUT2D eigenvalue weighted by Gasteiger charge is -2.22. The third kappa shape index (κ3) is 5.31. The Kier molecular flexibility index (Phi) is 5.87. The quantitative estimate of drug-likeness (QED) is 0.727. The Hall–Kier alpha value is -2.47. The molecule has 0 fully saturated rings. The zero-order valence-electron chi connectivity index (χ0n) is 14.2. The van der Waals surface area contributed by atoms with Crippen LogP contribution in [0.25, 0.3) is 0 Å². The van der Waals surface area contributed by atoms with Gasteiger partial charge in [0.25, 0.3) is 0 Å². The number of benzene rings is 1. The predicted octanol–water partition coefficient (Wildman–Crippen LogP) is 2.56. The molecule has 2 aromatic rings. The van der Waals surface area contributed by atoms with Crippen LogP contribution in [0.2, 0.25) is 0 Å². The molecule has 0 aliphatic rings. The molecule has 24 heavy (non-hydrogen) atoms. The average molecular weight is 332 g/mol. The van der Waals surface area contributed by atoms with Gasteiger partial charge in [0.2, 0.25) is 0 Å². The van der Waals surface area contributed by atoms with Crippen molar-refractivity contribution in [2.45, 2.75) is 32.5 Å². The Bertz CT molecular complexity index is 636. The van der Waals surface area contributed by atoms with Gasteiger partial charge in [-0.1, -0.05) is 17.7 Å². The molecule has 1 aromatic carbocycles. The number of urea groups is 1. The summed E-state index contributed by atoms with van der Waals surface area (Å²) in [6, 6.07) is 10.7. The fourth-order valence-electron chi connectivity index (χ4n) is 2.11. The molecule has 2 amide bonds. The zero-order valence-corrected chi connectivity index (χ0v) is 14.2. The maximum atomic E-state index is 11.8. The van der Waals surface area contributed by atoms with Gasteiger partial charge in [0.05, 0.1) is 19.4 Å². The number of nitrogens with one attached hydrogen (secondary N) is 2. The number of hydrogen-bond donors (Lipinski definition) is 3. The molecule has 2 unspecified atom stereocenters. The number of carbonyl (C=O) groups excluding carboxylic acids is 1. The minimum absolute atomic E-state index is 0.0412. The summed E-state index contributed by atoms with van der Waals surface area (Å²) in [6.07, 6.45) is 1.30. The molecule has 0 aliphatic carbocycles. The molecule has 0 saturated carbocycles. The van der Waals surface area contributed by atoms with Crippen molar-refractivity contribution < 1.29 is 19.1 Å². The number of aliphatic hydroxyl groups is 1. The average Bonchev–Trinajstić information content (AvgIpc) is 3.09. The normalized spacial score (nSPS) is 14.5. The van der Waals surface area contributed by atoms with Crippen molar-refractivity contribution in [3.8, 4) is 5.75 Å². The summed E-state index contributed by atoms with van der Waals surface area (Å²) in [5.74, 6) is 1.16. The lowest BCUT2D eigenvalue weighted by Crippen LogP contribution is -2.45. The molecule has 0 spiro atoms. The zero-order chi connectivity index (χ0) is 17.6. The number of hydrogen-bond acceptors (Lipinski definition) is 4. The van der Waals surface area contributed by atoms with E-state index in [0.29, 0.717) is 12.3 Å². The summed E-state index contributed by atoms with van der Waals surface area (Å²) < 4.78 is 10.9. The van der Waals surface area contributed by atoms with Gasteiger partial charge >= 0.3 is 6.03 Å². The lowest BCUT2D eigenvalue weighted by atomic mass is 10.0. The number of furan rings is 1. The summed E-state index contributed by atoms with van der Waals surface area (Å²) in [6.45, 7) is 5.85. The topological polar surface area (TPSA) is 83.7 Å². The van der Waals surface area contributed by atoms with Gasteiger partial charge in [-0.15, -0.1) is 0 Å². The van der Waals surface area contributed by atoms with Crippen LogP contribution in [-0.4, -0.2) is 30.3 Å². The molecular formula is C18H24N2O4. The summed E-state index contributed by atoms with van der Waals surface area (Å²) in [7, 11) is 0. The van der Waals surface area contributed by atoms with Crippen LogP contribution in [0, 0.1) is 6.92 Å². The van der Waals surface area contributed by atoms with E-state index in [1.165, 1.54) is 6.26 Å². The Morgan fingerprint density at radius 3 is 2.62 bits per heavy atom. The van der Waals surface area contributed by atoms with Crippen LogP contribution >= 0.6 is 0 Å². The van der Waals surface area contributed by atoms with E-state index in [9.17, 15) is 9.90 Å². The van der Waals surface area contributed by atoms with E-state index >= 15 is 0 Å². The van der Waals surface area contributed by atoms with Crippen LogP contribution in [0.1, 0.15) is 25.2 Å². The third-order valence-corrected chi connectivity index (χ3v) is 3.55. The van der Waals surface area contributed by atoms with Crippen LogP contribution in [0.5, 0.6) is 5.75 Å². The van der Waals surface area contributed by atoms with E-state index in [0.717, 1.165) is 11.3 Å². The van der Waals surface area contributed by atoms with E-state index in [1.807, 2.05) is 38.1 Å². The van der Waals surface area contributed by atoms with Gasteiger partial charge in [-0.05, 0) is 45.0 Å². The number of amides is 2. The minimum Gasteiger partial charge on any atom is -0.489 e. The van der Waals surface area contributed by atoms with E-state index in [-0.39, 0.29) is 18.7 Å². The third-order valence-electron chi connectivity index (χ3n) is 3.55. The first-order valence-corrected chi connectivity index (χ1v) is 7.88. The first-order valence-electron chi connectivity index (χ1n) is 7.88. The molecule has 2 atom stereocenters. The molecule has 1 aromatic heterocycles. The maximum Gasteiger partial charge on any atom is 0.315 e. The fourth-order valence-corrected chi connectivity index (χ4v) is 2.11. The summed E-state index contributed by atoms with van der Waals surface area (Å²) in [5, 5.41) is 15.6. The summed E-state index contributed by atoms with van der Waals surface area (Å²) in [5.41, 5.74) is -0.0960. The highest BCUT2D eigenvalue weighted by Gasteiger charge is 2.26. The highest BCUT2D eigenvalue weighted by Crippen LogP contribution is 2.19. The SMILES string of the molecule is Cc1ccc(OC(C)CNC(=O)NCC(C)(O)c2ccco2)cc1. The first-order chi connectivity index (χ1) is 11.4. The van der Waals surface area contributed by atoms with Gasteiger partial charge in [0.1, 0.15) is 23.2 Å².